The first kappa shape index (κ1) is 14.1. The van der Waals surface area contributed by atoms with Gasteiger partial charge in [-0.05, 0) is 13.1 Å². The Hall–Kier alpha value is -0.940. The van der Waals surface area contributed by atoms with E-state index < -0.39 is 0 Å². The van der Waals surface area contributed by atoms with Gasteiger partial charge in [-0.1, -0.05) is 32.9 Å². The molecule has 0 unspecified atom stereocenters. The van der Waals surface area contributed by atoms with Gasteiger partial charge in [0.15, 0.2) is 5.82 Å². The summed E-state index contributed by atoms with van der Waals surface area (Å²) in [7, 11) is 0. The van der Waals surface area contributed by atoms with Gasteiger partial charge in [-0.2, -0.15) is 4.98 Å². The third kappa shape index (κ3) is 5.28. The van der Waals surface area contributed by atoms with Crippen LogP contribution in [-0.2, 0) is 13.0 Å². The molecule has 5 nitrogen and oxygen atoms in total. The van der Waals surface area contributed by atoms with Crippen LogP contribution in [-0.4, -0.2) is 40.7 Å². The first-order valence-electron chi connectivity index (χ1n) is 6.42. The lowest BCUT2D eigenvalue weighted by molar-refractivity contribution is 0.302. The van der Waals surface area contributed by atoms with Crippen molar-refractivity contribution in [2.45, 2.75) is 46.7 Å². The topological polar surface area (TPSA) is 54.2 Å². The Morgan fingerprint density at radius 1 is 1.29 bits per heavy atom. The Balaban J connectivity index is 2.35. The number of nitrogens with zero attached hydrogens (tertiary/aromatic N) is 3. The van der Waals surface area contributed by atoms with Crippen molar-refractivity contribution in [1.29, 1.82) is 0 Å². The Labute approximate surface area is 104 Å². The minimum Gasteiger partial charge on any atom is -0.338 e. The average molecular weight is 240 g/mol. The van der Waals surface area contributed by atoms with Crippen LogP contribution in [0.2, 0.25) is 0 Å². The van der Waals surface area contributed by atoms with E-state index in [0.29, 0.717) is 18.5 Å². The summed E-state index contributed by atoms with van der Waals surface area (Å²) in [5.74, 6) is 1.48. The molecular weight excluding hydrogens is 216 g/mol. The lowest BCUT2D eigenvalue weighted by Crippen LogP contribution is -2.25. The van der Waals surface area contributed by atoms with Crippen molar-refractivity contribution in [2.75, 3.05) is 19.6 Å². The molecule has 1 N–H and O–H groups in total. The summed E-state index contributed by atoms with van der Waals surface area (Å²) in [5, 5.41) is 7.24. The van der Waals surface area contributed by atoms with Gasteiger partial charge in [0.1, 0.15) is 0 Å². The molecule has 0 saturated carbocycles. The first-order chi connectivity index (χ1) is 8.15. The molecule has 0 atom stereocenters. The highest BCUT2D eigenvalue weighted by Crippen LogP contribution is 2.00. The molecule has 0 fully saturated rings. The van der Waals surface area contributed by atoms with Gasteiger partial charge in [0, 0.05) is 19.0 Å². The molecule has 1 rings (SSSR count). The van der Waals surface area contributed by atoms with E-state index in [1.54, 1.807) is 0 Å². The molecule has 0 aliphatic carbocycles. The fourth-order valence-corrected chi connectivity index (χ4v) is 1.55. The van der Waals surface area contributed by atoms with Crippen LogP contribution in [0.3, 0.4) is 0 Å². The second kappa shape index (κ2) is 7.40. The molecule has 0 spiro atoms. The van der Waals surface area contributed by atoms with Crippen LogP contribution in [0.1, 0.15) is 39.4 Å². The number of nitrogens with one attached hydrogen (secondary N) is 1. The van der Waals surface area contributed by atoms with Crippen LogP contribution in [0, 0.1) is 0 Å². The maximum Gasteiger partial charge on any atom is 0.240 e. The minimum absolute atomic E-state index is 0.432. The summed E-state index contributed by atoms with van der Waals surface area (Å²) >= 11 is 0. The lowest BCUT2D eigenvalue weighted by atomic mass is 10.3. The predicted octanol–water partition coefficient (Wildman–Crippen LogP) is 1.45. The van der Waals surface area contributed by atoms with Gasteiger partial charge in [-0.3, -0.25) is 0 Å². The average Bonchev–Trinajstić information content (AvgIpc) is 2.76. The van der Waals surface area contributed by atoms with E-state index in [1.165, 1.54) is 0 Å². The highest BCUT2D eigenvalue weighted by Gasteiger charge is 2.08. The molecule has 1 aromatic heterocycles. The van der Waals surface area contributed by atoms with E-state index in [-0.39, 0.29) is 0 Å². The van der Waals surface area contributed by atoms with E-state index >= 15 is 0 Å². The maximum atomic E-state index is 5.17. The minimum atomic E-state index is 0.432. The molecule has 0 aromatic carbocycles. The van der Waals surface area contributed by atoms with Crippen LogP contribution in [0.5, 0.6) is 0 Å². The SMILES string of the molecule is CCN(CC)CCc1noc(CNC(C)C)n1. The fraction of sp³-hybridized carbons (Fsp3) is 0.833. The van der Waals surface area contributed by atoms with E-state index in [1.807, 2.05) is 0 Å². The normalized spacial score (nSPS) is 11.6. The molecular formula is C12H24N4O. The molecule has 1 heterocycles. The maximum absolute atomic E-state index is 5.17. The highest BCUT2D eigenvalue weighted by atomic mass is 16.5. The summed E-state index contributed by atoms with van der Waals surface area (Å²) in [4.78, 5) is 6.71. The molecule has 0 saturated heterocycles. The van der Waals surface area contributed by atoms with Gasteiger partial charge in [-0.15, -0.1) is 0 Å². The largest absolute Gasteiger partial charge is 0.338 e. The zero-order valence-electron chi connectivity index (χ0n) is 11.4. The quantitative estimate of drug-likeness (QED) is 0.745. The van der Waals surface area contributed by atoms with Gasteiger partial charge in [0.25, 0.3) is 0 Å². The Bertz CT molecular complexity index is 307. The summed E-state index contributed by atoms with van der Waals surface area (Å²) in [5.41, 5.74) is 0. The van der Waals surface area contributed by atoms with Gasteiger partial charge in [-0.25, -0.2) is 0 Å². The number of likely N-dealkylation sites (N-methyl/N-ethyl adjacent to an activating group) is 1. The summed E-state index contributed by atoms with van der Waals surface area (Å²) in [6.45, 7) is 12.3. The molecule has 0 aliphatic heterocycles. The number of aromatic nitrogens is 2. The van der Waals surface area contributed by atoms with Crippen molar-refractivity contribution >= 4 is 0 Å². The van der Waals surface area contributed by atoms with Gasteiger partial charge >= 0.3 is 0 Å². The van der Waals surface area contributed by atoms with Crippen molar-refractivity contribution in [2.24, 2.45) is 0 Å². The Morgan fingerprint density at radius 2 is 2.00 bits per heavy atom. The molecule has 1 aromatic rings. The second-order valence-electron chi connectivity index (χ2n) is 4.42. The monoisotopic (exact) mass is 240 g/mol. The third-order valence-corrected chi connectivity index (χ3v) is 2.72. The predicted molar refractivity (Wildman–Crippen MR) is 67.8 cm³/mol. The summed E-state index contributed by atoms with van der Waals surface area (Å²) in [6, 6.07) is 0.432. The summed E-state index contributed by atoms with van der Waals surface area (Å²) < 4.78 is 5.17. The van der Waals surface area contributed by atoms with Crippen LogP contribution in [0.15, 0.2) is 4.52 Å². The second-order valence-corrected chi connectivity index (χ2v) is 4.42. The molecule has 0 amide bonds. The van der Waals surface area contributed by atoms with E-state index in [0.717, 1.165) is 31.9 Å². The molecule has 17 heavy (non-hydrogen) atoms. The standard InChI is InChI=1S/C12H24N4O/c1-5-16(6-2)8-7-11-14-12(17-15-11)9-13-10(3)4/h10,13H,5-9H2,1-4H3. The zero-order chi connectivity index (χ0) is 12.7. The molecule has 0 radical (unpaired) electrons. The lowest BCUT2D eigenvalue weighted by Gasteiger charge is -2.16. The van der Waals surface area contributed by atoms with Crippen molar-refractivity contribution in [1.82, 2.24) is 20.4 Å². The zero-order valence-corrected chi connectivity index (χ0v) is 11.4. The fourth-order valence-electron chi connectivity index (χ4n) is 1.55. The third-order valence-electron chi connectivity index (χ3n) is 2.72. The van der Waals surface area contributed by atoms with Crippen molar-refractivity contribution < 1.29 is 4.52 Å². The van der Waals surface area contributed by atoms with Crippen LogP contribution in [0.4, 0.5) is 0 Å². The van der Waals surface area contributed by atoms with Crippen molar-refractivity contribution in [3.05, 3.63) is 11.7 Å². The molecule has 0 aliphatic rings. The Morgan fingerprint density at radius 3 is 2.59 bits per heavy atom. The van der Waals surface area contributed by atoms with Gasteiger partial charge in [0.05, 0.1) is 6.54 Å². The highest BCUT2D eigenvalue weighted by molar-refractivity contribution is 4.87. The molecule has 98 valence electrons. The number of hydrogen-bond acceptors (Lipinski definition) is 5. The summed E-state index contributed by atoms with van der Waals surface area (Å²) in [6.07, 6.45) is 0.854. The van der Waals surface area contributed by atoms with Gasteiger partial charge in [0.2, 0.25) is 5.89 Å². The molecule has 0 bridgehead atoms. The van der Waals surface area contributed by atoms with Crippen LogP contribution < -0.4 is 5.32 Å². The van der Waals surface area contributed by atoms with E-state index in [4.69, 9.17) is 4.52 Å². The van der Waals surface area contributed by atoms with Gasteiger partial charge < -0.3 is 14.7 Å². The van der Waals surface area contributed by atoms with E-state index in [2.05, 4.69) is 48.1 Å². The first-order valence-corrected chi connectivity index (χ1v) is 6.42. The van der Waals surface area contributed by atoms with Crippen molar-refractivity contribution in [3.63, 3.8) is 0 Å². The smallest absolute Gasteiger partial charge is 0.240 e. The Kier molecular flexibility index (Phi) is 6.15. The number of rotatable bonds is 8. The molecule has 5 heteroatoms. The number of hydrogen-bond donors (Lipinski definition) is 1. The van der Waals surface area contributed by atoms with E-state index in [9.17, 15) is 0 Å². The van der Waals surface area contributed by atoms with Crippen molar-refractivity contribution in [3.8, 4) is 0 Å². The van der Waals surface area contributed by atoms with Crippen LogP contribution >= 0.6 is 0 Å². The van der Waals surface area contributed by atoms with Crippen LogP contribution in [0.25, 0.3) is 0 Å².